The fourth-order valence-corrected chi connectivity index (χ4v) is 3.15. The molecule has 3 rings (SSSR count). The average molecular weight is 254 g/mol. The molecule has 0 aliphatic heterocycles. The number of hydrogen-bond acceptors (Lipinski definition) is 2. The third-order valence-electron chi connectivity index (χ3n) is 4.61. The largest absolute Gasteiger partial charge is 0.304 e. The van der Waals surface area contributed by atoms with Crippen molar-refractivity contribution in [2.45, 2.75) is 38.5 Å². The van der Waals surface area contributed by atoms with Gasteiger partial charge in [0.15, 0.2) is 0 Å². The van der Waals surface area contributed by atoms with E-state index < -0.39 is 0 Å². The highest BCUT2D eigenvalue weighted by Crippen LogP contribution is 2.45. The molecule has 0 saturated heterocycles. The predicted octanol–water partition coefficient (Wildman–Crippen LogP) is 2.95. The second-order valence-electron chi connectivity index (χ2n) is 6.34. The van der Waals surface area contributed by atoms with Crippen molar-refractivity contribution in [3.05, 3.63) is 34.9 Å². The Hall–Kier alpha value is -1.33. The van der Waals surface area contributed by atoms with Gasteiger partial charge in [-0.2, -0.15) is 5.26 Å². The molecule has 2 nitrogen and oxygen atoms in total. The zero-order chi connectivity index (χ0) is 13.3. The zero-order valence-corrected chi connectivity index (χ0v) is 11.8. The highest BCUT2D eigenvalue weighted by molar-refractivity contribution is 5.35. The Labute approximate surface area is 116 Å². The second-order valence-corrected chi connectivity index (χ2v) is 6.34. The number of aryl methyl sites for hydroxylation is 2. The van der Waals surface area contributed by atoms with Crippen LogP contribution in [0, 0.1) is 16.7 Å². The van der Waals surface area contributed by atoms with Gasteiger partial charge in [0.2, 0.25) is 0 Å². The molecule has 0 heterocycles. The molecule has 1 aromatic rings. The summed E-state index contributed by atoms with van der Waals surface area (Å²) in [4.78, 5) is 2.32. The van der Waals surface area contributed by atoms with Crippen molar-refractivity contribution in [3.63, 3.8) is 0 Å². The standard InChI is InChI=1S/C17H22N2/c1-19(13-17(12-18)8-9-17)10-7-14-5-6-15-3-2-4-16(15)11-14/h5-6,11H,2-4,7-10,13H2,1H3. The lowest BCUT2D eigenvalue weighted by Crippen LogP contribution is -2.28. The Kier molecular flexibility index (Phi) is 3.33. The van der Waals surface area contributed by atoms with E-state index in [0.29, 0.717) is 0 Å². The summed E-state index contributed by atoms with van der Waals surface area (Å²) in [5.74, 6) is 0. The minimum Gasteiger partial charge on any atom is -0.304 e. The van der Waals surface area contributed by atoms with Gasteiger partial charge in [-0.05, 0) is 62.3 Å². The maximum atomic E-state index is 9.12. The van der Waals surface area contributed by atoms with Crippen LogP contribution < -0.4 is 0 Å². The van der Waals surface area contributed by atoms with E-state index in [0.717, 1.165) is 32.4 Å². The number of fused-ring (bicyclic) bond motifs is 1. The number of likely N-dealkylation sites (N-methyl/N-ethyl adjacent to an activating group) is 1. The molecule has 1 fully saturated rings. The van der Waals surface area contributed by atoms with Crippen molar-refractivity contribution in [3.8, 4) is 6.07 Å². The predicted molar refractivity (Wildman–Crippen MR) is 76.9 cm³/mol. The summed E-state index contributed by atoms with van der Waals surface area (Å²) in [7, 11) is 2.14. The minimum atomic E-state index is -0.00726. The van der Waals surface area contributed by atoms with Gasteiger partial charge in [-0.3, -0.25) is 0 Å². The van der Waals surface area contributed by atoms with Crippen LogP contribution in [-0.2, 0) is 19.3 Å². The molecule has 2 aliphatic carbocycles. The van der Waals surface area contributed by atoms with Gasteiger partial charge >= 0.3 is 0 Å². The van der Waals surface area contributed by atoms with Gasteiger partial charge in [-0.1, -0.05) is 18.2 Å². The van der Waals surface area contributed by atoms with Gasteiger partial charge in [-0.25, -0.2) is 0 Å². The van der Waals surface area contributed by atoms with E-state index in [1.807, 2.05) is 0 Å². The first kappa shape index (κ1) is 12.7. The molecule has 1 aromatic carbocycles. The lowest BCUT2D eigenvalue weighted by atomic mass is 10.0. The van der Waals surface area contributed by atoms with E-state index in [1.165, 1.54) is 24.8 Å². The van der Waals surface area contributed by atoms with Crippen LogP contribution in [0.1, 0.15) is 36.0 Å². The van der Waals surface area contributed by atoms with Crippen LogP contribution in [0.3, 0.4) is 0 Å². The number of hydrogen-bond donors (Lipinski definition) is 0. The van der Waals surface area contributed by atoms with E-state index in [1.54, 1.807) is 11.1 Å². The maximum absolute atomic E-state index is 9.12. The third-order valence-corrected chi connectivity index (χ3v) is 4.61. The summed E-state index contributed by atoms with van der Waals surface area (Å²) in [6.45, 7) is 2.00. The van der Waals surface area contributed by atoms with Gasteiger partial charge in [0.05, 0.1) is 11.5 Å². The molecule has 0 N–H and O–H groups in total. The van der Waals surface area contributed by atoms with Gasteiger partial charge in [0.25, 0.3) is 0 Å². The topological polar surface area (TPSA) is 27.0 Å². The molecule has 0 unspecified atom stereocenters. The van der Waals surface area contributed by atoms with Crippen molar-refractivity contribution < 1.29 is 0 Å². The van der Waals surface area contributed by atoms with Crippen LogP contribution in [0.4, 0.5) is 0 Å². The average Bonchev–Trinajstić information content (AvgIpc) is 3.03. The Morgan fingerprint density at radius 2 is 2.05 bits per heavy atom. The highest BCUT2D eigenvalue weighted by Gasteiger charge is 2.43. The van der Waals surface area contributed by atoms with Crippen LogP contribution in [-0.4, -0.2) is 25.0 Å². The molecule has 2 aliphatic rings. The fraction of sp³-hybridized carbons (Fsp3) is 0.588. The first-order valence-corrected chi connectivity index (χ1v) is 7.41. The van der Waals surface area contributed by atoms with Crippen LogP contribution in [0.5, 0.6) is 0 Å². The van der Waals surface area contributed by atoms with Crippen molar-refractivity contribution in [2.75, 3.05) is 20.1 Å². The molecule has 1 saturated carbocycles. The van der Waals surface area contributed by atoms with E-state index in [4.69, 9.17) is 5.26 Å². The third kappa shape index (κ3) is 2.82. The zero-order valence-electron chi connectivity index (χ0n) is 11.8. The van der Waals surface area contributed by atoms with Crippen molar-refractivity contribution in [1.82, 2.24) is 4.90 Å². The van der Waals surface area contributed by atoms with Crippen LogP contribution in [0.15, 0.2) is 18.2 Å². The molecule has 0 bridgehead atoms. The molecule has 0 aromatic heterocycles. The minimum absolute atomic E-state index is 0.00726. The van der Waals surface area contributed by atoms with Crippen LogP contribution in [0.2, 0.25) is 0 Å². The summed E-state index contributed by atoms with van der Waals surface area (Å²) < 4.78 is 0. The number of nitrogens with zero attached hydrogens (tertiary/aromatic N) is 2. The molecular weight excluding hydrogens is 232 g/mol. The Morgan fingerprint density at radius 1 is 1.26 bits per heavy atom. The smallest absolute Gasteiger partial charge is 0.0703 e. The summed E-state index contributed by atoms with van der Waals surface area (Å²) in [5, 5.41) is 9.12. The normalized spacial score (nSPS) is 19.2. The van der Waals surface area contributed by atoms with Crippen molar-refractivity contribution >= 4 is 0 Å². The van der Waals surface area contributed by atoms with E-state index in [2.05, 4.69) is 36.2 Å². The molecule has 0 amide bonds. The molecule has 0 atom stereocenters. The van der Waals surface area contributed by atoms with E-state index in [9.17, 15) is 0 Å². The molecular formula is C17H22N2. The Morgan fingerprint density at radius 3 is 2.79 bits per heavy atom. The van der Waals surface area contributed by atoms with E-state index >= 15 is 0 Å². The van der Waals surface area contributed by atoms with Gasteiger partial charge < -0.3 is 4.90 Å². The van der Waals surface area contributed by atoms with Crippen molar-refractivity contribution in [1.29, 1.82) is 5.26 Å². The molecule has 19 heavy (non-hydrogen) atoms. The van der Waals surface area contributed by atoms with Gasteiger partial charge in [-0.15, -0.1) is 0 Å². The van der Waals surface area contributed by atoms with Crippen LogP contribution >= 0.6 is 0 Å². The summed E-state index contributed by atoms with van der Waals surface area (Å²) in [5.41, 5.74) is 4.57. The Balaban J connectivity index is 1.53. The monoisotopic (exact) mass is 254 g/mol. The van der Waals surface area contributed by atoms with Gasteiger partial charge in [0.1, 0.15) is 0 Å². The summed E-state index contributed by atoms with van der Waals surface area (Å²) in [6, 6.07) is 9.47. The highest BCUT2D eigenvalue weighted by atomic mass is 15.1. The molecule has 0 radical (unpaired) electrons. The quantitative estimate of drug-likeness (QED) is 0.807. The van der Waals surface area contributed by atoms with Crippen molar-refractivity contribution in [2.24, 2.45) is 5.41 Å². The fourth-order valence-electron chi connectivity index (χ4n) is 3.15. The number of rotatable bonds is 5. The SMILES string of the molecule is CN(CCc1ccc2c(c1)CCC2)CC1(C#N)CC1. The first-order chi connectivity index (χ1) is 9.21. The molecule has 0 spiro atoms. The maximum Gasteiger partial charge on any atom is 0.0703 e. The van der Waals surface area contributed by atoms with E-state index in [-0.39, 0.29) is 5.41 Å². The summed E-state index contributed by atoms with van der Waals surface area (Å²) >= 11 is 0. The lowest BCUT2D eigenvalue weighted by molar-refractivity contribution is 0.297. The number of benzene rings is 1. The van der Waals surface area contributed by atoms with Crippen LogP contribution in [0.25, 0.3) is 0 Å². The lowest BCUT2D eigenvalue weighted by Gasteiger charge is -2.19. The number of nitriles is 1. The Bertz CT molecular complexity index is 508. The summed E-state index contributed by atoms with van der Waals surface area (Å²) in [6.07, 6.45) is 7.13. The second kappa shape index (κ2) is 4.98. The first-order valence-electron chi connectivity index (χ1n) is 7.41. The van der Waals surface area contributed by atoms with Gasteiger partial charge in [0, 0.05) is 13.1 Å². The molecule has 2 heteroatoms. The molecule has 100 valence electrons.